The van der Waals surface area contributed by atoms with Crippen molar-refractivity contribution >= 4 is 26.0 Å². The van der Waals surface area contributed by atoms with Gasteiger partial charge < -0.3 is 5.32 Å². The standard InChI is InChI=1S/C12H19BrN2O2S/c1-10(11-5-3-6-12(13)9-11)14-7-4-8-15-18(2,16)17/h3,5-6,9-10,14-15H,4,7-8H2,1-2H3. The largest absolute Gasteiger partial charge is 0.310 e. The first-order valence-corrected chi connectivity index (χ1v) is 8.50. The molecule has 0 aliphatic carbocycles. The summed E-state index contributed by atoms with van der Waals surface area (Å²) in [6.07, 6.45) is 1.94. The molecule has 18 heavy (non-hydrogen) atoms. The van der Waals surface area contributed by atoms with Gasteiger partial charge in [0.2, 0.25) is 10.0 Å². The van der Waals surface area contributed by atoms with Crippen LogP contribution in [-0.2, 0) is 10.0 Å². The second kappa shape index (κ2) is 7.23. The average Bonchev–Trinajstić information content (AvgIpc) is 2.26. The fourth-order valence-corrected chi connectivity index (χ4v) is 2.49. The minimum Gasteiger partial charge on any atom is -0.310 e. The summed E-state index contributed by atoms with van der Waals surface area (Å²) in [7, 11) is -3.07. The van der Waals surface area contributed by atoms with E-state index in [1.807, 2.05) is 12.1 Å². The molecular weight excluding hydrogens is 316 g/mol. The van der Waals surface area contributed by atoms with E-state index in [2.05, 4.69) is 45.0 Å². The minimum atomic E-state index is -3.07. The third kappa shape index (κ3) is 6.49. The maximum absolute atomic E-state index is 10.9. The molecule has 0 radical (unpaired) electrons. The number of hydrogen-bond donors (Lipinski definition) is 2. The predicted octanol–water partition coefficient (Wildman–Crippen LogP) is 2.04. The molecule has 0 aromatic heterocycles. The molecule has 1 unspecified atom stereocenters. The Morgan fingerprint density at radius 2 is 2.06 bits per heavy atom. The van der Waals surface area contributed by atoms with E-state index in [1.54, 1.807) is 0 Å². The summed E-state index contributed by atoms with van der Waals surface area (Å²) in [4.78, 5) is 0. The summed E-state index contributed by atoms with van der Waals surface area (Å²) in [5.74, 6) is 0. The van der Waals surface area contributed by atoms with Crippen LogP contribution >= 0.6 is 15.9 Å². The molecule has 4 nitrogen and oxygen atoms in total. The first kappa shape index (κ1) is 15.6. The van der Waals surface area contributed by atoms with E-state index in [1.165, 1.54) is 11.8 Å². The second-order valence-corrected chi connectivity index (χ2v) is 7.00. The Bertz CT molecular complexity index is 477. The highest BCUT2D eigenvalue weighted by Crippen LogP contribution is 2.17. The molecule has 0 aliphatic rings. The monoisotopic (exact) mass is 334 g/mol. The van der Waals surface area contributed by atoms with Gasteiger partial charge in [-0.3, -0.25) is 0 Å². The van der Waals surface area contributed by atoms with Gasteiger partial charge in [0.15, 0.2) is 0 Å². The minimum absolute atomic E-state index is 0.251. The number of rotatable bonds is 7. The zero-order valence-electron chi connectivity index (χ0n) is 10.6. The Hall–Kier alpha value is -0.430. The van der Waals surface area contributed by atoms with E-state index in [-0.39, 0.29) is 6.04 Å². The Labute approximate surface area is 117 Å². The molecule has 0 aliphatic heterocycles. The van der Waals surface area contributed by atoms with Crippen molar-refractivity contribution in [1.29, 1.82) is 0 Å². The summed E-state index contributed by atoms with van der Waals surface area (Å²) < 4.78 is 25.2. The van der Waals surface area contributed by atoms with Gasteiger partial charge in [-0.25, -0.2) is 13.1 Å². The van der Waals surface area contributed by atoms with Crippen molar-refractivity contribution in [3.63, 3.8) is 0 Å². The fourth-order valence-electron chi connectivity index (χ4n) is 1.56. The van der Waals surface area contributed by atoms with E-state index in [4.69, 9.17) is 0 Å². The fraction of sp³-hybridized carbons (Fsp3) is 0.500. The summed E-state index contributed by atoms with van der Waals surface area (Å²) >= 11 is 3.44. The maximum Gasteiger partial charge on any atom is 0.208 e. The molecule has 0 saturated carbocycles. The molecule has 1 rings (SSSR count). The molecule has 102 valence electrons. The molecular formula is C12H19BrN2O2S. The Balaban J connectivity index is 2.27. The summed E-state index contributed by atoms with van der Waals surface area (Å²) in [6.45, 7) is 3.33. The normalized spacial score (nSPS) is 13.5. The highest BCUT2D eigenvalue weighted by molar-refractivity contribution is 9.10. The van der Waals surface area contributed by atoms with Gasteiger partial charge in [-0.2, -0.15) is 0 Å². The van der Waals surface area contributed by atoms with Crippen molar-refractivity contribution in [1.82, 2.24) is 10.0 Å². The van der Waals surface area contributed by atoms with Crippen molar-refractivity contribution in [3.05, 3.63) is 34.3 Å². The highest BCUT2D eigenvalue weighted by Gasteiger charge is 2.05. The van der Waals surface area contributed by atoms with Crippen molar-refractivity contribution < 1.29 is 8.42 Å². The van der Waals surface area contributed by atoms with Gasteiger partial charge in [0.05, 0.1) is 6.26 Å². The Morgan fingerprint density at radius 1 is 1.33 bits per heavy atom. The van der Waals surface area contributed by atoms with Crippen LogP contribution in [0.25, 0.3) is 0 Å². The van der Waals surface area contributed by atoms with Crippen molar-refractivity contribution in [3.8, 4) is 0 Å². The number of benzene rings is 1. The molecule has 0 fully saturated rings. The zero-order valence-corrected chi connectivity index (χ0v) is 13.0. The summed E-state index contributed by atoms with van der Waals surface area (Å²) in [5.41, 5.74) is 1.21. The van der Waals surface area contributed by atoms with E-state index >= 15 is 0 Å². The molecule has 2 N–H and O–H groups in total. The van der Waals surface area contributed by atoms with Crippen LogP contribution in [-0.4, -0.2) is 27.8 Å². The molecule has 0 saturated heterocycles. The number of halogens is 1. The molecule has 1 atom stereocenters. The Kier molecular flexibility index (Phi) is 6.28. The Morgan fingerprint density at radius 3 is 2.67 bits per heavy atom. The number of nitrogens with one attached hydrogen (secondary N) is 2. The zero-order chi connectivity index (χ0) is 13.6. The van der Waals surface area contributed by atoms with E-state index < -0.39 is 10.0 Å². The van der Waals surface area contributed by atoms with Crippen molar-refractivity contribution in [2.24, 2.45) is 0 Å². The molecule has 0 spiro atoms. The van der Waals surface area contributed by atoms with Gasteiger partial charge in [-0.1, -0.05) is 28.1 Å². The lowest BCUT2D eigenvalue weighted by Gasteiger charge is -2.14. The second-order valence-electron chi connectivity index (χ2n) is 4.25. The third-order valence-corrected chi connectivity index (χ3v) is 3.74. The van der Waals surface area contributed by atoms with Gasteiger partial charge in [-0.15, -0.1) is 0 Å². The smallest absolute Gasteiger partial charge is 0.208 e. The van der Waals surface area contributed by atoms with E-state index in [0.29, 0.717) is 6.54 Å². The molecule has 1 aromatic rings. The highest BCUT2D eigenvalue weighted by atomic mass is 79.9. The van der Waals surface area contributed by atoms with Crippen molar-refractivity contribution in [2.45, 2.75) is 19.4 Å². The molecule has 0 amide bonds. The maximum atomic E-state index is 10.9. The van der Waals surface area contributed by atoms with Crippen LogP contribution in [0.3, 0.4) is 0 Å². The van der Waals surface area contributed by atoms with Crippen LogP contribution in [0.1, 0.15) is 24.9 Å². The lowest BCUT2D eigenvalue weighted by Crippen LogP contribution is -2.27. The third-order valence-electron chi connectivity index (χ3n) is 2.52. The lowest BCUT2D eigenvalue weighted by molar-refractivity contribution is 0.548. The van der Waals surface area contributed by atoms with Gasteiger partial charge in [0.25, 0.3) is 0 Å². The van der Waals surface area contributed by atoms with Crippen LogP contribution < -0.4 is 10.0 Å². The van der Waals surface area contributed by atoms with Crippen LogP contribution in [0.15, 0.2) is 28.7 Å². The molecule has 0 bridgehead atoms. The van der Waals surface area contributed by atoms with Crippen LogP contribution in [0.5, 0.6) is 0 Å². The van der Waals surface area contributed by atoms with Gasteiger partial charge in [0, 0.05) is 17.1 Å². The van der Waals surface area contributed by atoms with Gasteiger partial charge in [-0.05, 0) is 37.6 Å². The van der Waals surface area contributed by atoms with Gasteiger partial charge >= 0.3 is 0 Å². The van der Waals surface area contributed by atoms with Crippen LogP contribution in [0.4, 0.5) is 0 Å². The molecule has 0 heterocycles. The van der Waals surface area contributed by atoms with Crippen LogP contribution in [0, 0.1) is 0 Å². The first-order chi connectivity index (χ1) is 8.38. The summed E-state index contributed by atoms with van der Waals surface area (Å²) in [6, 6.07) is 8.39. The topological polar surface area (TPSA) is 58.2 Å². The van der Waals surface area contributed by atoms with Gasteiger partial charge in [0.1, 0.15) is 0 Å². The lowest BCUT2D eigenvalue weighted by atomic mass is 10.1. The van der Waals surface area contributed by atoms with E-state index in [0.717, 1.165) is 17.4 Å². The van der Waals surface area contributed by atoms with E-state index in [9.17, 15) is 8.42 Å². The number of sulfonamides is 1. The number of hydrogen-bond acceptors (Lipinski definition) is 3. The van der Waals surface area contributed by atoms with Crippen LogP contribution in [0.2, 0.25) is 0 Å². The predicted molar refractivity (Wildman–Crippen MR) is 78.0 cm³/mol. The summed E-state index contributed by atoms with van der Waals surface area (Å²) in [5, 5.41) is 3.36. The SMILES string of the molecule is CC(NCCCNS(C)(=O)=O)c1cccc(Br)c1. The quantitative estimate of drug-likeness (QED) is 0.750. The molecule has 1 aromatic carbocycles. The first-order valence-electron chi connectivity index (χ1n) is 5.82. The average molecular weight is 335 g/mol. The van der Waals surface area contributed by atoms with Crippen molar-refractivity contribution in [2.75, 3.05) is 19.3 Å². The molecule has 6 heteroatoms.